The number of hydrogen-bond donors (Lipinski definition) is 2. The number of imide groups is 1. The van der Waals surface area contributed by atoms with Crippen LogP contribution in [0, 0.1) is 17.8 Å². The Kier molecular flexibility index (Phi) is 7.50. The Hall–Kier alpha value is -4.16. The Labute approximate surface area is 241 Å². The molecule has 210 valence electrons. The lowest BCUT2D eigenvalue weighted by Gasteiger charge is -2.31. The highest BCUT2D eigenvalue weighted by atomic mass is 16.5. The van der Waals surface area contributed by atoms with Crippen LogP contribution < -0.4 is 10.2 Å². The number of para-hydroxylation sites is 2. The number of ether oxygens (including phenoxy) is 1. The molecule has 6 rings (SSSR count). The minimum absolute atomic E-state index is 0.0519. The van der Waals surface area contributed by atoms with Crippen molar-refractivity contribution in [3.63, 3.8) is 0 Å². The SMILES string of the molecule is CCC1=C2[C@@H](CC/C(C)=C/c3ccccc3O)OC[C@@H]2[C@@H]2C(=O)N(c3ccc(Nc4ccccc4)cc3)C(=O)[C@@H]2C1. The molecule has 0 unspecified atom stereocenters. The number of benzene rings is 3. The topological polar surface area (TPSA) is 78.9 Å². The highest BCUT2D eigenvalue weighted by Gasteiger charge is 2.57. The van der Waals surface area contributed by atoms with Crippen LogP contribution in [0.25, 0.3) is 6.08 Å². The number of allylic oxidation sites excluding steroid dienone is 2. The first-order valence-electron chi connectivity index (χ1n) is 14.5. The number of nitrogens with one attached hydrogen (secondary N) is 1. The molecular formula is C35H36N2O4. The van der Waals surface area contributed by atoms with Crippen molar-refractivity contribution >= 4 is 35.0 Å². The third-order valence-electron chi connectivity index (χ3n) is 8.76. The van der Waals surface area contributed by atoms with Gasteiger partial charge in [0, 0.05) is 22.9 Å². The maximum atomic E-state index is 13.9. The third-order valence-corrected chi connectivity index (χ3v) is 8.76. The van der Waals surface area contributed by atoms with E-state index in [1.807, 2.05) is 78.9 Å². The number of nitrogens with zero attached hydrogens (tertiary/aromatic N) is 1. The summed E-state index contributed by atoms with van der Waals surface area (Å²) in [5.74, 6) is -0.706. The molecule has 2 amide bonds. The number of anilines is 3. The van der Waals surface area contributed by atoms with Crippen LogP contribution in [0.15, 0.2) is 95.6 Å². The largest absolute Gasteiger partial charge is 0.507 e. The molecule has 2 saturated heterocycles. The number of rotatable bonds is 8. The fourth-order valence-electron chi connectivity index (χ4n) is 6.75. The number of phenolic OH excluding ortho intramolecular Hbond substituents is 1. The zero-order valence-corrected chi connectivity index (χ0v) is 23.5. The number of fused-ring (bicyclic) bond motifs is 3. The average molecular weight is 549 g/mol. The van der Waals surface area contributed by atoms with E-state index in [0.29, 0.717) is 18.7 Å². The van der Waals surface area contributed by atoms with Gasteiger partial charge in [0.2, 0.25) is 11.8 Å². The second-order valence-corrected chi connectivity index (χ2v) is 11.3. The summed E-state index contributed by atoms with van der Waals surface area (Å²) in [6.07, 6.45) is 5.07. The van der Waals surface area contributed by atoms with E-state index in [1.54, 1.807) is 6.07 Å². The summed E-state index contributed by atoms with van der Waals surface area (Å²) in [7, 11) is 0. The molecule has 0 spiro atoms. The molecule has 2 heterocycles. The van der Waals surface area contributed by atoms with Crippen molar-refractivity contribution in [3.8, 4) is 5.75 Å². The summed E-state index contributed by atoms with van der Waals surface area (Å²) in [5, 5.41) is 13.5. The first kappa shape index (κ1) is 27.0. The van der Waals surface area contributed by atoms with Gasteiger partial charge in [-0.2, -0.15) is 0 Å². The van der Waals surface area contributed by atoms with Gasteiger partial charge in [0.05, 0.1) is 30.2 Å². The van der Waals surface area contributed by atoms with Crippen LogP contribution in [0.2, 0.25) is 0 Å². The highest BCUT2D eigenvalue weighted by molar-refractivity contribution is 6.22. The van der Waals surface area contributed by atoms with E-state index in [-0.39, 0.29) is 41.4 Å². The van der Waals surface area contributed by atoms with Gasteiger partial charge in [-0.05, 0) is 80.6 Å². The Morgan fingerprint density at radius 3 is 2.39 bits per heavy atom. The van der Waals surface area contributed by atoms with E-state index in [9.17, 15) is 14.7 Å². The lowest BCUT2D eigenvalue weighted by Crippen LogP contribution is -2.34. The number of carbonyl (C=O) groups is 2. The van der Waals surface area contributed by atoms with Crippen LogP contribution in [0.3, 0.4) is 0 Å². The van der Waals surface area contributed by atoms with Crippen LogP contribution >= 0.6 is 0 Å². The summed E-state index contributed by atoms with van der Waals surface area (Å²) in [4.78, 5) is 28.9. The van der Waals surface area contributed by atoms with Crippen molar-refractivity contribution in [2.75, 3.05) is 16.8 Å². The van der Waals surface area contributed by atoms with Gasteiger partial charge in [-0.25, -0.2) is 0 Å². The molecule has 1 aliphatic carbocycles. The predicted molar refractivity (Wildman–Crippen MR) is 162 cm³/mol. The first-order valence-corrected chi connectivity index (χ1v) is 14.5. The normalized spacial score (nSPS) is 24.0. The molecule has 2 aliphatic heterocycles. The highest BCUT2D eigenvalue weighted by Crippen LogP contribution is 2.51. The molecular weight excluding hydrogens is 512 g/mol. The van der Waals surface area contributed by atoms with Gasteiger partial charge in [-0.3, -0.25) is 14.5 Å². The molecule has 2 fully saturated rings. The molecule has 3 aromatic rings. The molecule has 0 bridgehead atoms. The molecule has 41 heavy (non-hydrogen) atoms. The zero-order valence-electron chi connectivity index (χ0n) is 23.5. The van der Waals surface area contributed by atoms with E-state index in [1.165, 1.54) is 16.0 Å². The van der Waals surface area contributed by atoms with Gasteiger partial charge in [0.25, 0.3) is 0 Å². The number of amides is 2. The molecule has 6 nitrogen and oxygen atoms in total. The lowest BCUT2D eigenvalue weighted by atomic mass is 9.69. The minimum Gasteiger partial charge on any atom is -0.507 e. The quantitative estimate of drug-likeness (QED) is 0.229. The van der Waals surface area contributed by atoms with Crippen LogP contribution in [0.1, 0.15) is 45.1 Å². The van der Waals surface area contributed by atoms with E-state index < -0.39 is 0 Å². The van der Waals surface area contributed by atoms with Gasteiger partial charge in [-0.1, -0.05) is 60.5 Å². The maximum Gasteiger partial charge on any atom is 0.238 e. The standard InChI is InChI=1S/C35H36N2O4/c1-3-23-20-28-33(29-21-41-31(32(23)29)18-13-22(2)19-24-9-7-8-12-30(24)38)35(40)37(34(28)39)27-16-14-26(15-17-27)36-25-10-5-4-6-11-25/h4-12,14-17,19,28-29,31,33,36,38H,3,13,18,20-21H2,1-2H3/b22-19+/t28-,29+,31-,33-/m1/s1. The fraction of sp³-hybridized carbons (Fsp3) is 0.314. The van der Waals surface area contributed by atoms with Crippen molar-refractivity contribution in [2.45, 2.75) is 45.6 Å². The molecule has 6 heteroatoms. The van der Waals surface area contributed by atoms with Crippen LogP contribution in [-0.4, -0.2) is 29.6 Å². The monoisotopic (exact) mass is 548 g/mol. The molecule has 0 aromatic heterocycles. The summed E-state index contributed by atoms with van der Waals surface area (Å²) in [6.45, 7) is 4.68. The summed E-state index contributed by atoms with van der Waals surface area (Å²) < 4.78 is 6.34. The number of aromatic hydroxyl groups is 1. The van der Waals surface area contributed by atoms with E-state index >= 15 is 0 Å². The van der Waals surface area contributed by atoms with E-state index in [0.717, 1.165) is 41.8 Å². The number of phenols is 1. The summed E-state index contributed by atoms with van der Waals surface area (Å²) >= 11 is 0. The fourth-order valence-corrected chi connectivity index (χ4v) is 6.75. The Morgan fingerprint density at radius 2 is 1.66 bits per heavy atom. The Morgan fingerprint density at radius 1 is 0.951 bits per heavy atom. The van der Waals surface area contributed by atoms with Crippen molar-refractivity contribution in [2.24, 2.45) is 17.8 Å². The van der Waals surface area contributed by atoms with Crippen LogP contribution in [-0.2, 0) is 14.3 Å². The van der Waals surface area contributed by atoms with Gasteiger partial charge in [0.15, 0.2) is 0 Å². The second kappa shape index (κ2) is 11.4. The van der Waals surface area contributed by atoms with Crippen LogP contribution in [0.5, 0.6) is 5.75 Å². The third kappa shape index (κ3) is 5.20. The van der Waals surface area contributed by atoms with Crippen molar-refractivity contribution < 1.29 is 19.4 Å². The maximum absolute atomic E-state index is 13.9. The molecule has 3 aromatic carbocycles. The van der Waals surface area contributed by atoms with Crippen molar-refractivity contribution in [1.29, 1.82) is 0 Å². The van der Waals surface area contributed by atoms with Crippen molar-refractivity contribution in [3.05, 3.63) is 101 Å². The Balaban J connectivity index is 1.18. The van der Waals surface area contributed by atoms with Gasteiger partial charge < -0.3 is 15.2 Å². The zero-order chi connectivity index (χ0) is 28.5. The van der Waals surface area contributed by atoms with Gasteiger partial charge >= 0.3 is 0 Å². The van der Waals surface area contributed by atoms with E-state index in [4.69, 9.17) is 4.74 Å². The number of carbonyl (C=O) groups excluding carboxylic acids is 2. The van der Waals surface area contributed by atoms with E-state index in [2.05, 4.69) is 19.2 Å². The summed E-state index contributed by atoms with van der Waals surface area (Å²) in [6, 6.07) is 24.7. The second-order valence-electron chi connectivity index (χ2n) is 11.3. The van der Waals surface area contributed by atoms with Gasteiger partial charge in [0.1, 0.15) is 5.75 Å². The van der Waals surface area contributed by atoms with Gasteiger partial charge in [-0.15, -0.1) is 0 Å². The van der Waals surface area contributed by atoms with Crippen molar-refractivity contribution in [1.82, 2.24) is 0 Å². The molecule has 3 aliphatic rings. The summed E-state index contributed by atoms with van der Waals surface area (Å²) in [5.41, 5.74) is 6.98. The average Bonchev–Trinajstić information content (AvgIpc) is 3.52. The minimum atomic E-state index is -0.377. The molecule has 0 radical (unpaired) electrons. The first-order chi connectivity index (χ1) is 19.9. The smallest absolute Gasteiger partial charge is 0.238 e. The van der Waals surface area contributed by atoms with Crippen LogP contribution in [0.4, 0.5) is 17.1 Å². The molecule has 2 N–H and O–H groups in total. The molecule has 4 atom stereocenters. The molecule has 0 saturated carbocycles. The predicted octanol–water partition coefficient (Wildman–Crippen LogP) is 7.25. The Bertz CT molecular complexity index is 1510. The number of hydrogen-bond acceptors (Lipinski definition) is 5. The lowest BCUT2D eigenvalue weighted by molar-refractivity contribution is -0.122.